The van der Waals surface area contributed by atoms with Crippen LogP contribution in [0.5, 0.6) is 0 Å². The maximum absolute atomic E-state index is 11.3. The zero-order valence-corrected chi connectivity index (χ0v) is 13.9. The Morgan fingerprint density at radius 1 is 0.960 bits per heavy atom. The van der Waals surface area contributed by atoms with Gasteiger partial charge in [0.1, 0.15) is 24.7 Å². The molecule has 11 nitrogen and oxygen atoms in total. The van der Waals surface area contributed by atoms with Gasteiger partial charge in [-0.3, -0.25) is 14.5 Å². The third-order valence-corrected chi connectivity index (χ3v) is 3.28. The fourth-order valence-electron chi connectivity index (χ4n) is 2.02. The molecule has 2 aromatic heterocycles. The van der Waals surface area contributed by atoms with Crippen LogP contribution in [0.3, 0.4) is 0 Å². The molecule has 0 aliphatic rings. The molecule has 0 saturated heterocycles. The third kappa shape index (κ3) is 5.02. The van der Waals surface area contributed by atoms with E-state index in [9.17, 15) is 9.59 Å². The highest BCUT2D eigenvalue weighted by Gasteiger charge is 2.17. The van der Waals surface area contributed by atoms with Gasteiger partial charge in [0.05, 0.1) is 38.0 Å². The van der Waals surface area contributed by atoms with Crippen LogP contribution < -0.4 is 16.4 Å². The highest BCUT2D eigenvalue weighted by atomic mass is 16.8. The molecule has 0 aliphatic carbocycles. The Morgan fingerprint density at radius 3 is 1.72 bits per heavy atom. The minimum absolute atomic E-state index is 0.214. The first-order chi connectivity index (χ1) is 11.9. The number of ether oxygens (including phenoxy) is 2. The molecule has 11 heteroatoms. The molecular formula is C14H20N6O5. The number of carbonyl (C=O) groups is 2. The van der Waals surface area contributed by atoms with Gasteiger partial charge in [0.25, 0.3) is 0 Å². The van der Waals surface area contributed by atoms with Crippen molar-refractivity contribution >= 4 is 11.9 Å². The minimum atomic E-state index is -0.798. The van der Waals surface area contributed by atoms with Gasteiger partial charge in [-0.1, -0.05) is 0 Å². The maximum atomic E-state index is 11.3. The van der Waals surface area contributed by atoms with E-state index >= 15 is 0 Å². The lowest BCUT2D eigenvalue weighted by Crippen LogP contribution is -2.33. The summed E-state index contributed by atoms with van der Waals surface area (Å²) < 4.78 is 11.8. The number of nitrogens with two attached hydrogens (primary N) is 2. The molecule has 0 aliphatic heterocycles. The molecule has 0 aromatic carbocycles. The van der Waals surface area contributed by atoms with Crippen LogP contribution in [0.1, 0.15) is 11.4 Å². The van der Waals surface area contributed by atoms with Gasteiger partial charge in [-0.2, -0.15) is 0 Å². The molecule has 25 heavy (non-hydrogen) atoms. The maximum Gasteiger partial charge on any atom is 0.323 e. The first-order valence-corrected chi connectivity index (χ1v) is 7.34. The van der Waals surface area contributed by atoms with Crippen LogP contribution in [0.25, 0.3) is 0 Å². The van der Waals surface area contributed by atoms with E-state index in [-0.39, 0.29) is 12.8 Å². The molecule has 2 heterocycles. The first kappa shape index (κ1) is 18.4. The molecule has 0 unspecified atom stereocenters. The summed E-state index contributed by atoms with van der Waals surface area (Å²) in [5.74, 6) is -1.03. The van der Waals surface area contributed by atoms with E-state index in [1.165, 1.54) is 36.3 Å². The zero-order chi connectivity index (χ0) is 18.4. The van der Waals surface area contributed by atoms with Crippen molar-refractivity contribution in [3.05, 3.63) is 36.4 Å². The van der Waals surface area contributed by atoms with Crippen molar-refractivity contribution in [3.63, 3.8) is 0 Å². The van der Waals surface area contributed by atoms with Crippen molar-refractivity contribution in [1.82, 2.24) is 19.4 Å². The van der Waals surface area contributed by atoms with Crippen molar-refractivity contribution in [2.24, 2.45) is 11.5 Å². The molecule has 136 valence electrons. The molecule has 4 N–H and O–H groups in total. The van der Waals surface area contributed by atoms with Gasteiger partial charge in [-0.05, 0) is 0 Å². The molecule has 0 saturated carbocycles. The predicted molar refractivity (Wildman–Crippen MR) is 83.8 cm³/mol. The summed E-state index contributed by atoms with van der Waals surface area (Å²) in [5.41, 5.74) is 12.5. The van der Waals surface area contributed by atoms with Gasteiger partial charge in [0.15, 0.2) is 0 Å². The second-order valence-corrected chi connectivity index (χ2v) is 5.20. The summed E-state index contributed by atoms with van der Waals surface area (Å²) in [6.45, 7) is 0. The zero-order valence-electron chi connectivity index (χ0n) is 13.9. The molecule has 0 fully saturated rings. The van der Waals surface area contributed by atoms with Crippen LogP contribution in [0, 0.1) is 0 Å². The summed E-state index contributed by atoms with van der Waals surface area (Å²) in [5, 5.41) is 0. The molecular weight excluding hydrogens is 332 g/mol. The Balaban J connectivity index is 1.93. The van der Waals surface area contributed by atoms with Gasteiger partial charge >= 0.3 is 11.9 Å². The van der Waals surface area contributed by atoms with Crippen LogP contribution in [-0.2, 0) is 31.9 Å². The van der Waals surface area contributed by atoms with Crippen LogP contribution in [0.2, 0.25) is 0 Å². The molecule has 2 rings (SSSR count). The number of hydrogen-bond acceptors (Lipinski definition) is 9. The number of hydrogen-bond donors (Lipinski definition) is 2. The van der Waals surface area contributed by atoms with Gasteiger partial charge in [-0.25, -0.2) is 9.97 Å². The number of aromatic nitrogens is 4. The normalized spacial score (nSPS) is 13.1. The monoisotopic (exact) mass is 352 g/mol. The van der Waals surface area contributed by atoms with E-state index in [1.807, 2.05) is 0 Å². The van der Waals surface area contributed by atoms with Crippen molar-refractivity contribution in [3.8, 4) is 0 Å². The Labute approximate surface area is 143 Å². The van der Waals surface area contributed by atoms with Crippen LogP contribution in [-0.4, -0.2) is 57.7 Å². The average Bonchev–Trinajstić information content (AvgIpc) is 3.22. The summed E-state index contributed by atoms with van der Waals surface area (Å²) in [6, 6.07) is -1.60. The highest BCUT2D eigenvalue weighted by molar-refractivity contribution is 5.75. The lowest BCUT2D eigenvalue weighted by Gasteiger charge is -2.07. The Kier molecular flexibility index (Phi) is 6.08. The van der Waals surface area contributed by atoms with E-state index < -0.39 is 24.0 Å². The number of nitrogens with zero attached hydrogens (tertiary/aromatic N) is 4. The minimum Gasteiger partial charge on any atom is -0.468 e. The standard InChI is InChI=1S/C14H20N6O5/c1-23-13(21)11(15)3-9-5-19(7-17-9)25-20-6-10(18-8-20)4-12(16)14(22)24-2/h5-8,11-12H,3-4,15-16H2,1-2H3/t11-,12-/m0/s1. The predicted octanol–water partition coefficient (Wildman–Crippen LogP) is -1.94. The quantitative estimate of drug-likeness (QED) is 0.517. The molecule has 0 amide bonds. The van der Waals surface area contributed by atoms with Gasteiger partial charge < -0.3 is 20.9 Å². The second kappa shape index (κ2) is 8.26. The topological polar surface area (TPSA) is 150 Å². The number of carbonyl (C=O) groups excluding carboxylic acids is 2. The molecule has 0 bridgehead atoms. The number of imidazole rings is 2. The van der Waals surface area contributed by atoms with Crippen LogP contribution in [0.15, 0.2) is 25.0 Å². The molecule has 2 atom stereocenters. The van der Waals surface area contributed by atoms with E-state index in [0.29, 0.717) is 11.4 Å². The third-order valence-electron chi connectivity index (χ3n) is 3.28. The van der Waals surface area contributed by atoms with E-state index in [0.717, 1.165) is 0 Å². The Hall–Kier alpha value is -2.92. The summed E-state index contributed by atoms with van der Waals surface area (Å²) in [6.07, 6.45) is 6.40. The summed E-state index contributed by atoms with van der Waals surface area (Å²) in [7, 11) is 2.54. The molecule has 0 radical (unpaired) electrons. The van der Waals surface area contributed by atoms with Gasteiger partial charge in [0, 0.05) is 12.8 Å². The fraction of sp³-hybridized carbons (Fsp3) is 0.429. The fourth-order valence-corrected chi connectivity index (χ4v) is 2.02. The van der Waals surface area contributed by atoms with Crippen molar-refractivity contribution in [1.29, 1.82) is 0 Å². The first-order valence-electron chi connectivity index (χ1n) is 7.34. The van der Waals surface area contributed by atoms with E-state index in [2.05, 4.69) is 19.4 Å². The summed E-state index contributed by atoms with van der Waals surface area (Å²) in [4.78, 5) is 36.3. The van der Waals surface area contributed by atoms with E-state index in [4.69, 9.17) is 16.4 Å². The summed E-state index contributed by atoms with van der Waals surface area (Å²) >= 11 is 0. The molecule has 2 aromatic rings. The largest absolute Gasteiger partial charge is 0.468 e. The SMILES string of the molecule is COC(=O)[C@@H](N)Cc1cn(On2cnc(C[C@H](N)C(=O)OC)c2)cn1. The van der Waals surface area contributed by atoms with Gasteiger partial charge in [-0.15, -0.1) is 9.46 Å². The van der Waals surface area contributed by atoms with Gasteiger partial charge in [0.2, 0.25) is 0 Å². The number of esters is 2. The lowest BCUT2D eigenvalue weighted by atomic mass is 10.2. The second-order valence-electron chi connectivity index (χ2n) is 5.20. The van der Waals surface area contributed by atoms with Crippen molar-refractivity contribution in [2.75, 3.05) is 14.2 Å². The van der Waals surface area contributed by atoms with Crippen molar-refractivity contribution in [2.45, 2.75) is 24.9 Å². The van der Waals surface area contributed by atoms with Crippen LogP contribution >= 0.6 is 0 Å². The van der Waals surface area contributed by atoms with Crippen molar-refractivity contribution < 1.29 is 24.0 Å². The number of methoxy groups -OCH3 is 2. The molecule has 0 spiro atoms. The average molecular weight is 352 g/mol. The Morgan fingerprint density at radius 2 is 1.36 bits per heavy atom. The number of rotatable bonds is 8. The lowest BCUT2D eigenvalue weighted by molar-refractivity contribution is -0.142. The highest BCUT2D eigenvalue weighted by Crippen LogP contribution is 2.03. The van der Waals surface area contributed by atoms with E-state index in [1.54, 1.807) is 12.4 Å². The van der Waals surface area contributed by atoms with Crippen LogP contribution in [0.4, 0.5) is 0 Å². The Bertz CT molecular complexity index is 667. The smallest absolute Gasteiger partial charge is 0.323 e.